The summed E-state index contributed by atoms with van der Waals surface area (Å²) in [6.45, 7) is 0.339. The Kier molecular flexibility index (Phi) is 4.44. The lowest BCUT2D eigenvalue weighted by Crippen LogP contribution is -2.18. The summed E-state index contributed by atoms with van der Waals surface area (Å²) in [5, 5.41) is 2.71. The number of methoxy groups -OCH3 is 1. The van der Waals surface area contributed by atoms with Gasteiger partial charge in [-0.25, -0.2) is 4.79 Å². The van der Waals surface area contributed by atoms with Crippen LogP contribution in [0.2, 0.25) is 0 Å². The molecule has 1 aliphatic rings. The van der Waals surface area contributed by atoms with Crippen LogP contribution in [0.5, 0.6) is 5.75 Å². The molecular weight excluding hydrogens is 297 g/mol. The molecule has 1 aliphatic heterocycles. The van der Waals surface area contributed by atoms with Crippen LogP contribution in [-0.4, -0.2) is 19.8 Å². The molecule has 2 rings (SSSR count). The maximum Gasteiger partial charge on any atom is 0.407 e. The van der Waals surface area contributed by atoms with Gasteiger partial charge in [0.1, 0.15) is 12.4 Å². The fourth-order valence-corrected chi connectivity index (χ4v) is 1.91. The summed E-state index contributed by atoms with van der Waals surface area (Å²) in [4.78, 5) is 10.9. The van der Waals surface area contributed by atoms with E-state index in [-0.39, 0.29) is 24.5 Å². The Morgan fingerprint density at radius 3 is 2.88 bits per heavy atom. The molecule has 1 amide bonds. The average molecular weight is 309 g/mol. The first kappa shape index (κ1) is 13.1. The number of ether oxygens (including phenoxy) is 2. The fraction of sp³-hybridized carbons (Fsp3) is 0.300. The quantitative estimate of drug-likeness (QED) is 0.914. The van der Waals surface area contributed by atoms with Crippen molar-refractivity contribution in [1.82, 2.24) is 5.32 Å². The molecule has 16 heavy (non-hydrogen) atoms. The summed E-state index contributed by atoms with van der Waals surface area (Å²) in [5.74, 6) is 0.744. The summed E-state index contributed by atoms with van der Waals surface area (Å²) in [5.41, 5.74) is 0.915. The number of carbonyl (C=O) groups excluding carboxylic acids is 1. The van der Waals surface area contributed by atoms with Crippen LogP contribution in [0.3, 0.4) is 0 Å². The number of hydrogen-bond donors (Lipinski definition) is 1. The van der Waals surface area contributed by atoms with Crippen LogP contribution in [0.15, 0.2) is 22.7 Å². The largest absolute Gasteiger partial charge is 0.496 e. The van der Waals surface area contributed by atoms with Crippen LogP contribution >= 0.6 is 28.3 Å². The molecule has 1 aromatic carbocycles. The number of carbonyl (C=O) groups is 1. The maximum absolute atomic E-state index is 10.9. The van der Waals surface area contributed by atoms with Gasteiger partial charge in [0.15, 0.2) is 0 Å². The van der Waals surface area contributed by atoms with Crippen LogP contribution in [0.1, 0.15) is 11.6 Å². The molecule has 1 atom stereocenters. The second-order valence-electron chi connectivity index (χ2n) is 3.18. The van der Waals surface area contributed by atoms with E-state index in [2.05, 4.69) is 21.2 Å². The second-order valence-corrected chi connectivity index (χ2v) is 4.10. The zero-order valence-corrected chi connectivity index (χ0v) is 10.9. The average Bonchev–Trinajstić information content (AvgIpc) is 2.65. The standard InChI is InChI=1S/C10H10BrNO3.ClH/c1-14-9-3-2-6(11)4-7(9)8-5-15-10(13)12-8;/h2-4,8H,5H2,1H3,(H,12,13);1H/t8-;/m1./s1. The molecule has 1 aromatic rings. The van der Waals surface area contributed by atoms with Gasteiger partial charge in [-0.1, -0.05) is 15.9 Å². The molecule has 1 saturated heterocycles. The number of nitrogens with one attached hydrogen (secondary N) is 1. The molecular formula is C10H11BrClNO3. The van der Waals surface area contributed by atoms with Gasteiger partial charge in [0, 0.05) is 10.0 Å². The predicted molar refractivity (Wildman–Crippen MR) is 65.2 cm³/mol. The Bertz CT molecular complexity index is 400. The SMILES string of the molecule is COc1ccc(Br)cc1[C@H]1COC(=O)N1.Cl. The fourth-order valence-electron chi connectivity index (χ4n) is 1.53. The molecule has 0 bridgehead atoms. The van der Waals surface area contributed by atoms with E-state index in [4.69, 9.17) is 9.47 Å². The Balaban J connectivity index is 0.00000128. The van der Waals surface area contributed by atoms with Crippen LogP contribution in [0, 0.1) is 0 Å². The van der Waals surface area contributed by atoms with E-state index in [9.17, 15) is 4.79 Å². The van der Waals surface area contributed by atoms with E-state index in [0.29, 0.717) is 6.61 Å². The van der Waals surface area contributed by atoms with Gasteiger partial charge in [-0.2, -0.15) is 0 Å². The van der Waals surface area contributed by atoms with Crippen molar-refractivity contribution in [2.45, 2.75) is 6.04 Å². The Hall–Kier alpha value is -0.940. The molecule has 0 spiro atoms. The molecule has 0 aliphatic carbocycles. The molecule has 0 unspecified atom stereocenters. The first-order valence-electron chi connectivity index (χ1n) is 4.47. The number of alkyl carbamates (subject to hydrolysis) is 1. The normalized spacial score (nSPS) is 18.4. The van der Waals surface area contributed by atoms with E-state index in [1.54, 1.807) is 7.11 Å². The first-order chi connectivity index (χ1) is 7.20. The summed E-state index contributed by atoms with van der Waals surface area (Å²) in [7, 11) is 1.60. The molecule has 1 fully saturated rings. The molecule has 1 N–H and O–H groups in total. The molecule has 1 heterocycles. The number of benzene rings is 1. The van der Waals surface area contributed by atoms with E-state index >= 15 is 0 Å². The molecule has 88 valence electrons. The summed E-state index contributed by atoms with van der Waals surface area (Å²) >= 11 is 3.38. The molecule has 6 heteroatoms. The van der Waals surface area contributed by atoms with Crippen LogP contribution in [0.4, 0.5) is 4.79 Å². The van der Waals surface area contributed by atoms with Gasteiger partial charge >= 0.3 is 6.09 Å². The number of hydrogen-bond acceptors (Lipinski definition) is 3. The van der Waals surface area contributed by atoms with Crippen molar-refractivity contribution < 1.29 is 14.3 Å². The van der Waals surface area contributed by atoms with Gasteiger partial charge in [-0.15, -0.1) is 12.4 Å². The third-order valence-electron chi connectivity index (χ3n) is 2.24. The zero-order valence-electron chi connectivity index (χ0n) is 8.53. The van der Waals surface area contributed by atoms with E-state index in [1.807, 2.05) is 18.2 Å². The third-order valence-corrected chi connectivity index (χ3v) is 2.73. The smallest absolute Gasteiger partial charge is 0.407 e. The number of rotatable bonds is 2. The third kappa shape index (κ3) is 2.59. The van der Waals surface area contributed by atoms with Gasteiger partial charge in [-0.3, -0.25) is 0 Å². The van der Waals surface area contributed by atoms with Crippen LogP contribution < -0.4 is 10.1 Å². The first-order valence-corrected chi connectivity index (χ1v) is 5.26. The lowest BCUT2D eigenvalue weighted by atomic mass is 10.1. The highest BCUT2D eigenvalue weighted by molar-refractivity contribution is 9.10. The van der Waals surface area contributed by atoms with Gasteiger partial charge in [0.05, 0.1) is 13.2 Å². The molecule has 0 saturated carbocycles. The maximum atomic E-state index is 10.9. The van der Waals surface area contributed by atoms with Gasteiger partial charge in [-0.05, 0) is 18.2 Å². The summed E-state index contributed by atoms with van der Waals surface area (Å²) in [6.07, 6.45) is -0.387. The van der Waals surface area contributed by atoms with Crippen molar-refractivity contribution in [3.8, 4) is 5.75 Å². The second kappa shape index (κ2) is 5.41. The van der Waals surface area contributed by atoms with Crippen LogP contribution in [0.25, 0.3) is 0 Å². The molecule has 0 aromatic heterocycles. The van der Waals surface area contributed by atoms with Crippen molar-refractivity contribution in [1.29, 1.82) is 0 Å². The number of amides is 1. The van der Waals surface area contributed by atoms with Crippen molar-refractivity contribution in [3.63, 3.8) is 0 Å². The highest BCUT2D eigenvalue weighted by atomic mass is 79.9. The Morgan fingerprint density at radius 1 is 1.56 bits per heavy atom. The minimum atomic E-state index is -0.387. The van der Waals surface area contributed by atoms with E-state index in [0.717, 1.165) is 15.8 Å². The van der Waals surface area contributed by atoms with Crippen molar-refractivity contribution >= 4 is 34.4 Å². The molecule has 0 radical (unpaired) electrons. The van der Waals surface area contributed by atoms with Crippen molar-refractivity contribution in [2.75, 3.05) is 13.7 Å². The van der Waals surface area contributed by atoms with Crippen LogP contribution in [-0.2, 0) is 4.74 Å². The van der Waals surface area contributed by atoms with Crippen molar-refractivity contribution in [2.24, 2.45) is 0 Å². The van der Waals surface area contributed by atoms with E-state index in [1.165, 1.54) is 0 Å². The minimum absolute atomic E-state index is 0. The summed E-state index contributed by atoms with van der Waals surface area (Å²) in [6, 6.07) is 5.52. The number of halogens is 2. The zero-order chi connectivity index (χ0) is 10.8. The monoisotopic (exact) mass is 307 g/mol. The van der Waals surface area contributed by atoms with Gasteiger partial charge in [0.2, 0.25) is 0 Å². The summed E-state index contributed by atoms with van der Waals surface area (Å²) < 4.78 is 11.0. The molecule has 4 nitrogen and oxygen atoms in total. The lowest BCUT2D eigenvalue weighted by molar-refractivity contribution is 0.177. The highest BCUT2D eigenvalue weighted by Crippen LogP contribution is 2.30. The topological polar surface area (TPSA) is 47.6 Å². The number of cyclic esters (lactones) is 1. The Morgan fingerprint density at radius 2 is 2.31 bits per heavy atom. The Labute approximate surface area is 108 Å². The van der Waals surface area contributed by atoms with Gasteiger partial charge < -0.3 is 14.8 Å². The highest BCUT2D eigenvalue weighted by Gasteiger charge is 2.26. The van der Waals surface area contributed by atoms with Gasteiger partial charge in [0.25, 0.3) is 0 Å². The lowest BCUT2D eigenvalue weighted by Gasteiger charge is -2.12. The van der Waals surface area contributed by atoms with E-state index < -0.39 is 0 Å². The van der Waals surface area contributed by atoms with Crippen molar-refractivity contribution in [3.05, 3.63) is 28.2 Å². The predicted octanol–water partition coefficient (Wildman–Crippen LogP) is 2.66. The minimum Gasteiger partial charge on any atom is -0.496 e.